The van der Waals surface area contributed by atoms with Crippen molar-refractivity contribution in [1.29, 1.82) is 0 Å². The topological polar surface area (TPSA) is 108 Å². The summed E-state index contributed by atoms with van der Waals surface area (Å²) < 4.78 is 50.7. The van der Waals surface area contributed by atoms with Gasteiger partial charge in [-0.05, 0) is 105 Å². The minimum absolute atomic E-state index is 0.0724. The van der Waals surface area contributed by atoms with Crippen LogP contribution in [0.25, 0.3) is 0 Å². The molecule has 0 radical (unpaired) electrons. The first-order valence-electron chi connectivity index (χ1n) is 25.5. The average molecular weight is 1010 g/mol. The molecule has 2 unspecified atom stereocenters. The van der Waals surface area contributed by atoms with Crippen LogP contribution in [0.4, 0.5) is 0 Å². The molecular formula is C59H78O10P2. The molecule has 0 saturated carbocycles. The Morgan fingerprint density at radius 1 is 0.465 bits per heavy atom. The van der Waals surface area contributed by atoms with E-state index in [4.69, 9.17) is 36.6 Å². The SMILES string of the molecule is CCC(C)(C)c1ccc2c(c1)C(c1cc(C(C)(C)CC)ccc1OP1OCC3(CO1)COP(Oc1ccc(C(C)(C)CC(C)(C)C)cc1C1C(=O)Oc4ccc(C(C)(C)CC(C)(C)C)cc41)OC3)C(=O)O2. The van der Waals surface area contributed by atoms with E-state index in [2.05, 4.69) is 159 Å². The van der Waals surface area contributed by atoms with Crippen molar-refractivity contribution in [2.45, 2.75) is 170 Å². The third-order valence-corrected chi connectivity index (χ3v) is 17.3. The first-order chi connectivity index (χ1) is 33.0. The molecule has 0 aromatic heterocycles. The van der Waals surface area contributed by atoms with Gasteiger partial charge in [0.2, 0.25) is 0 Å². The predicted octanol–water partition coefficient (Wildman–Crippen LogP) is 15.6. The normalized spacial score (nSPS) is 23.0. The maximum Gasteiger partial charge on any atom is 0.397 e. The lowest BCUT2D eigenvalue weighted by Crippen LogP contribution is -2.45. The van der Waals surface area contributed by atoms with Crippen molar-refractivity contribution in [2.24, 2.45) is 16.2 Å². The van der Waals surface area contributed by atoms with Crippen LogP contribution in [0.5, 0.6) is 23.0 Å². The summed E-state index contributed by atoms with van der Waals surface area (Å²) in [6, 6.07) is 24.6. The summed E-state index contributed by atoms with van der Waals surface area (Å²) >= 11 is 0. The molecule has 2 atom stereocenters. The highest BCUT2D eigenvalue weighted by Gasteiger charge is 2.47. The highest BCUT2D eigenvalue weighted by atomic mass is 31.2. The zero-order valence-electron chi connectivity index (χ0n) is 45.2. The molecule has 384 valence electrons. The predicted molar refractivity (Wildman–Crippen MR) is 283 cm³/mol. The zero-order valence-corrected chi connectivity index (χ0v) is 47.0. The van der Waals surface area contributed by atoms with Gasteiger partial charge in [-0.25, -0.2) is 0 Å². The van der Waals surface area contributed by atoms with Gasteiger partial charge in [-0.1, -0.05) is 159 Å². The lowest BCUT2D eigenvalue weighted by Gasteiger charge is -2.41. The number of fused-ring (bicyclic) bond motifs is 2. The van der Waals surface area contributed by atoms with E-state index in [1.54, 1.807) is 0 Å². The lowest BCUT2D eigenvalue weighted by atomic mass is 9.71. The largest absolute Gasteiger partial charge is 0.426 e. The molecule has 10 nitrogen and oxygen atoms in total. The van der Waals surface area contributed by atoms with E-state index in [1.165, 1.54) is 0 Å². The number of rotatable bonds is 14. The lowest BCUT2D eigenvalue weighted by molar-refractivity contribution is -0.134. The molecule has 2 saturated heterocycles. The monoisotopic (exact) mass is 1010 g/mol. The summed E-state index contributed by atoms with van der Waals surface area (Å²) in [5.41, 5.74) is 6.66. The van der Waals surface area contributed by atoms with Crippen molar-refractivity contribution in [3.8, 4) is 23.0 Å². The van der Waals surface area contributed by atoms with E-state index in [0.29, 0.717) is 23.0 Å². The molecule has 12 heteroatoms. The first-order valence-corrected chi connectivity index (χ1v) is 27.7. The fourth-order valence-corrected chi connectivity index (χ4v) is 13.5. The minimum Gasteiger partial charge on any atom is -0.426 e. The molecule has 0 amide bonds. The van der Waals surface area contributed by atoms with Gasteiger partial charge in [0, 0.05) is 22.3 Å². The second kappa shape index (κ2) is 19.4. The van der Waals surface area contributed by atoms with Gasteiger partial charge in [-0.3, -0.25) is 9.59 Å². The van der Waals surface area contributed by atoms with Crippen LogP contribution in [0.3, 0.4) is 0 Å². The van der Waals surface area contributed by atoms with Gasteiger partial charge in [-0.2, -0.15) is 0 Å². The Bertz CT molecular complexity index is 2630. The van der Waals surface area contributed by atoms with E-state index in [9.17, 15) is 9.59 Å². The van der Waals surface area contributed by atoms with Gasteiger partial charge in [0.15, 0.2) is 0 Å². The van der Waals surface area contributed by atoms with Crippen LogP contribution in [0.1, 0.15) is 193 Å². The number of ether oxygens (including phenoxy) is 2. The summed E-state index contributed by atoms with van der Waals surface area (Å²) in [4.78, 5) is 27.9. The highest BCUT2D eigenvalue weighted by Crippen LogP contribution is 2.57. The Kier molecular flexibility index (Phi) is 14.6. The van der Waals surface area contributed by atoms with Crippen molar-refractivity contribution in [3.05, 3.63) is 117 Å². The summed E-state index contributed by atoms with van der Waals surface area (Å²) in [7, 11) is -3.69. The van der Waals surface area contributed by atoms with Gasteiger partial charge in [0.1, 0.15) is 34.8 Å². The minimum atomic E-state index is -1.86. The van der Waals surface area contributed by atoms with E-state index in [1.807, 2.05) is 24.3 Å². The van der Waals surface area contributed by atoms with Gasteiger partial charge < -0.3 is 36.6 Å². The second-order valence-electron chi connectivity index (χ2n) is 25.7. The standard InChI is InChI=1S/C59H78O10P2/c1-17-55(9,10)37-19-23-45-41(27-37)49(51(60)66-45)43-28-38(56(11,12)18-2)21-25-47(43)68-70-62-33-59(34-63-70)35-64-71(65-36-59)69-48-26-22-40(58(15,16)32-54(6,7)8)30-44(48)50-42-29-39(20-24-46(42)67-52(50)61)57(13,14)31-53(3,4)5/h19-30,49-50H,17-18,31-36H2,1-16H3. The fraction of sp³-hybridized carbons (Fsp3) is 0.559. The average Bonchev–Trinajstić information content (AvgIpc) is 3.80. The first kappa shape index (κ1) is 53.4. The molecule has 2 fully saturated rings. The van der Waals surface area contributed by atoms with Gasteiger partial charge in [-0.15, -0.1) is 0 Å². The summed E-state index contributed by atoms with van der Waals surface area (Å²) in [6.45, 7) is 36.8. The molecule has 4 aromatic rings. The number of benzene rings is 4. The van der Waals surface area contributed by atoms with E-state index in [0.717, 1.165) is 70.2 Å². The maximum atomic E-state index is 14.1. The number of esters is 2. The molecule has 4 aliphatic rings. The van der Waals surface area contributed by atoms with Crippen LogP contribution in [-0.4, -0.2) is 38.4 Å². The smallest absolute Gasteiger partial charge is 0.397 e. The van der Waals surface area contributed by atoms with Crippen molar-refractivity contribution >= 4 is 29.1 Å². The van der Waals surface area contributed by atoms with Crippen molar-refractivity contribution in [2.75, 3.05) is 26.4 Å². The van der Waals surface area contributed by atoms with Crippen LogP contribution < -0.4 is 18.5 Å². The van der Waals surface area contributed by atoms with Crippen LogP contribution >= 0.6 is 17.2 Å². The Morgan fingerprint density at radius 2 is 0.775 bits per heavy atom. The summed E-state index contributed by atoms with van der Waals surface area (Å²) in [5.74, 6) is 0.154. The van der Waals surface area contributed by atoms with Gasteiger partial charge >= 0.3 is 29.1 Å². The number of carbonyl (C=O) groups excluding carboxylic acids is 2. The van der Waals surface area contributed by atoms with Crippen LogP contribution in [0.15, 0.2) is 72.8 Å². The van der Waals surface area contributed by atoms with Crippen LogP contribution in [0.2, 0.25) is 0 Å². The zero-order chi connectivity index (χ0) is 51.7. The third-order valence-electron chi connectivity index (χ3n) is 15.3. The molecule has 1 spiro atoms. The number of hydrogen-bond donors (Lipinski definition) is 0. The second-order valence-corrected chi connectivity index (χ2v) is 28.0. The van der Waals surface area contributed by atoms with Gasteiger partial charge in [0.25, 0.3) is 0 Å². The third kappa shape index (κ3) is 11.4. The number of hydrogen-bond acceptors (Lipinski definition) is 10. The summed E-state index contributed by atoms with van der Waals surface area (Å²) in [5, 5.41) is 0. The summed E-state index contributed by atoms with van der Waals surface area (Å²) in [6.07, 6.45) is 3.76. The van der Waals surface area contributed by atoms with E-state index < -0.39 is 34.5 Å². The molecule has 4 heterocycles. The van der Waals surface area contributed by atoms with E-state index in [-0.39, 0.29) is 70.9 Å². The highest BCUT2D eigenvalue weighted by molar-refractivity contribution is 7.42. The van der Waals surface area contributed by atoms with Crippen molar-refractivity contribution in [3.63, 3.8) is 0 Å². The van der Waals surface area contributed by atoms with Crippen molar-refractivity contribution < 1.29 is 46.2 Å². The molecule has 0 N–H and O–H groups in total. The molecule has 4 aliphatic heterocycles. The molecular weight excluding hydrogens is 931 g/mol. The molecule has 0 aliphatic carbocycles. The Morgan fingerprint density at radius 3 is 1.10 bits per heavy atom. The number of carbonyl (C=O) groups is 2. The molecule has 71 heavy (non-hydrogen) atoms. The van der Waals surface area contributed by atoms with Crippen LogP contribution in [0, 0.1) is 16.2 Å². The maximum absolute atomic E-state index is 14.1. The Labute approximate surface area is 426 Å². The molecule has 0 bridgehead atoms. The Balaban J connectivity index is 1.00. The molecule has 4 aromatic carbocycles. The van der Waals surface area contributed by atoms with Crippen molar-refractivity contribution in [1.82, 2.24) is 0 Å². The van der Waals surface area contributed by atoms with E-state index >= 15 is 0 Å². The Hall–Kier alpha value is -3.88. The van der Waals surface area contributed by atoms with Crippen LogP contribution in [-0.2, 0) is 49.3 Å². The molecule has 8 rings (SSSR count). The van der Waals surface area contributed by atoms with Gasteiger partial charge in [0.05, 0.1) is 31.8 Å². The quantitative estimate of drug-likeness (QED) is 0.0688. The fourth-order valence-electron chi connectivity index (χ4n) is 10.9.